The van der Waals surface area contributed by atoms with Crippen molar-refractivity contribution < 1.29 is 14.4 Å². The standard InChI is InChI=1S/C27H28BN3O3/c1-17-15-20(13-14-29-17)30-24(18-9-7-6-8-10-18)23-21-16-19(11-12-22(21)31-25(23)32)28-33-26(2,3)27(4,5)34-28/h6-16,31-32H,1-5H3. The fourth-order valence-corrected chi connectivity index (χ4v) is 4.15. The molecule has 1 aliphatic rings. The SMILES string of the molecule is Cc1cc(N=C(c2ccccc2)c2c(O)[nH]c3ccc(B4OC(C)(C)C(C)(C)O4)cc23)ccn1. The number of aliphatic imine (C=N–C) groups is 1. The highest BCUT2D eigenvalue weighted by atomic mass is 16.7. The lowest BCUT2D eigenvalue weighted by Gasteiger charge is -2.32. The van der Waals surface area contributed by atoms with Gasteiger partial charge in [0.15, 0.2) is 5.88 Å². The molecule has 0 aliphatic carbocycles. The normalized spacial score (nSPS) is 17.4. The van der Waals surface area contributed by atoms with E-state index >= 15 is 0 Å². The van der Waals surface area contributed by atoms with Gasteiger partial charge in [0.1, 0.15) is 0 Å². The summed E-state index contributed by atoms with van der Waals surface area (Å²) in [5, 5.41) is 11.9. The minimum atomic E-state index is -0.501. The van der Waals surface area contributed by atoms with E-state index in [9.17, 15) is 5.11 Å². The van der Waals surface area contributed by atoms with Crippen LogP contribution < -0.4 is 5.46 Å². The largest absolute Gasteiger partial charge is 0.494 e. The van der Waals surface area contributed by atoms with Crippen molar-refractivity contribution in [2.24, 2.45) is 4.99 Å². The molecular weight excluding hydrogens is 425 g/mol. The van der Waals surface area contributed by atoms with Gasteiger partial charge in [-0.15, -0.1) is 0 Å². The Morgan fingerprint density at radius 3 is 2.35 bits per heavy atom. The van der Waals surface area contributed by atoms with Gasteiger partial charge in [0, 0.05) is 28.4 Å². The van der Waals surface area contributed by atoms with Crippen molar-refractivity contribution in [2.75, 3.05) is 0 Å². The maximum atomic E-state index is 11.0. The van der Waals surface area contributed by atoms with Gasteiger partial charge in [0.2, 0.25) is 0 Å². The molecule has 34 heavy (non-hydrogen) atoms. The molecule has 1 aliphatic heterocycles. The lowest BCUT2D eigenvalue weighted by molar-refractivity contribution is 0.00578. The molecule has 0 radical (unpaired) electrons. The van der Waals surface area contributed by atoms with E-state index in [1.165, 1.54) is 0 Å². The van der Waals surface area contributed by atoms with Crippen molar-refractivity contribution in [3.8, 4) is 5.88 Å². The number of aromatic nitrogens is 2. The third-order valence-corrected chi connectivity index (χ3v) is 6.73. The minimum Gasteiger partial charge on any atom is -0.494 e. The Labute approximate surface area is 199 Å². The van der Waals surface area contributed by atoms with Crippen molar-refractivity contribution >= 4 is 34.9 Å². The summed E-state index contributed by atoms with van der Waals surface area (Å²) >= 11 is 0. The van der Waals surface area contributed by atoms with Crippen LogP contribution in [0.4, 0.5) is 5.69 Å². The Bertz CT molecular complexity index is 1380. The van der Waals surface area contributed by atoms with Crippen LogP contribution in [0.2, 0.25) is 0 Å². The lowest BCUT2D eigenvalue weighted by Crippen LogP contribution is -2.41. The first kappa shape index (κ1) is 22.4. The van der Waals surface area contributed by atoms with Crippen LogP contribution in [0.1, 0.15) is 44.5 Å². The van der Waals surface area contributed by atoms with Crippen molar-refractivity contribution in [2.45, 2.75) is 45.8 Å². The van der Waals surface area contributed by atoms with Crippen LogP contribution in [0.5, 0.6) is 5.88 Å². The van der Waals surface area contributed by atoms with E-state index in [-0.39, 0.29) is 5.88 Å². The van der Waals surface area contributed by atoms with Gasteiger partial charge in [-0.25, -0.2) is 4.99 Å². The number of aromatic hydroxyl groups is 1. The quantitative estimate of drug-likeness (QED) is 0.335. The van der Waals surface area contributed by atoms with E-state index in [1.807, 2.05) is 95.3 Å². The molecular formula is C27H28BN3O3. The molecule has 6 nitrogen and oxygen atoms in total. The highest BCUT2D eigenvalue weighted by Crippen LogP contribution is 2.37. The number of fused-ring (bicyclic) bond motifs is 1. The molecule has 7 heteroatoms. The van der Waals surface area contributed by atoms with E-state index in [2.05, 4.69) is 9.97 Å². The van der Waals surface area contributed by atoms with E-state index in [1.54, 1.807) is 6.20 Å². The van der Waals surface area contributed by atoms with Gasteiger partial charge in [0.25, 0.3) is 0 Å². The molecule has 0 amide bonds. The summed E-state index contributed by atoms with van der Waals surface area (Å²) in [6.07, 6.45) is 1.74. The maximum absolute atomic E-state index is 11.0. The molecule has 172 valence electrons. The number of aryl methyl sites for hydroxylation is 1. The van der Waals surface area contributed by atoms with Gasteiger partial charge in [-0.05, 0) is 58.3 Å². The molecule has 0 bridgehead atoms. The van der Waals surface area contributed by atoms with Gasteiger partial charge < -0.3 is 19.4 Å². The summed E-state index contributed by atoms with van der Waals surface area (Å²) in [6.45, 7) is 10.1. The molecule has 1 saturated heterocycles. The number of benzene rings is 2. The van der Waals surface area contributed by atoms with Crippen LogP contribution in [-0.2, 0) is 9.31 Å². The first-order valence-corrected chi connectivity index (χ1v) is 11.4. The molecule has 2 aromatic heterocycles. The number of nitrogens with one attached hydrogen (secondary N) is 1. The van der Waals surface area contributed by atoms with Crippen LogP contribution in [0.3, 0.4) is 0 Å². The maximum Gasteiger partial charge on any atom is 0.494 e. The number of H-pyrrole nitrogens is 1. The second-order valence-corrected chi connectivity index (χ2v) is 9.72. The monoisotopic (exact) mass is 453 g/mol. The van der Waals surface area contributed by atoms with Crippen LogP contribution in [0.25, 0.3) is 10.9 Å². The van der Waals surface area contributed by atoms with Crippen molar-refractivity contribution in [3.63, 3.8) is 0 Å². The first-order chi connectivity index (χ1) is 16.1. The molecule has 4 aromatic rings. The van der Waals surface area contributed by atoms with Gasteiger partial charge in [-0.1, -0.05) is 42.5 Å². The Morgan fingerprint density at radius 2 is 1.68 bits per heavy atom. The highest BCUT2D eigenvalue weighted by molar-refractivity contribution is 6.62. The molecule has 0 saturated carbocycles. The third-order valence-electron chi connectivity index (χ3n) is 6.73. The number of pyridine rings is 1. The second-order valence-electron chi connectivity index (χ2n) is 9.72. The lowest BCUT2D eigenvalue weighted by atomic mass is 9.78. The Morgan fingerprint density at radius 1 is 0.971 bits per heavy atom. The zero-order valence-corrected chi connectivity index (χ0v) is 20.1. The number of hydrogen-bond acceptors (Lipinski definition) is 5. The van der Waals surface area contributed by atoms with Crippen molar-refractivity contribution in [3.05, 3.63) is 83.7 Å². The van der Waals surface area contributed by atoms with E-state index in [4.69, 9.17) is 14.3 Å². The fraction of sp³-hybridized carbons (Fsp3) is 0.259. The van der Waals surface area contributed by atoms with Crippen LogP contribution in [0, 0.1) is 6.92 Å². The first-order valence-electron chi connectivity index (χ1n) is 11.4. The second kappa shape index (κ2) is 8.11. The molecule has 3 heterocycles. The number of nitrogens with zero attached hydrogens (tertiary/aromatic N) is 2. The third kappa shape index (κ3) is 3.91. The zero-order valence-electron chi connectivity index (χ0n) is 20.1. The summed E-state index contributed by atoms with van der Waals surface area (Å²) in [4.78, 5) is 12.3. The van der Waals surface area contributed by atoms with Crippen LogP contribution >= 0.6 is 0 Å². The molecule has 1 fully saturated rings. The Kier molecular flexibility index (Phi) is 5.34. The van der Waals surface area contributed by atoms with E-state index in [0.717, 1.165) is 33.3 Å². The average Bonchev–Trinajstić information content (AvgIpc) is 3.23. The molecule has 2 N–H and O–H groups in total. The highest BCUT2D eigenvalue weighted by Gasteiger charge is 2.51. The molecule has 2 aromatic carbocycles. The molecule has 5 rings (SSSR count). The van der Waals surface area contributed by atoms with E-state index in [0.29, 0.717) is 11.3 Å². The number of hydrogen-bond donors (Lipinski definition) is 2. The fourth-order valence-electron chi connectivity index (χ4n) is 4.15. The Balaban J connectivity index is 1.68. The predicted molar refractivity (Wildman–Crippen MR) is 136 cm³/mol. The summed E-state index contributed by atoms with van der Waals surface area (Å²) in [7, 11) is -0.501. The zero-order chi connectivity index (χ0) is 24.1. The number of rotatable bonds is 4. The van der Waals surface area contributed by atoms with Crippen LogP contribution in [0.15, 0.2) is 71.9 Å². The molecule has 0 atom stereocenters. The summed E-state index contributed by atoms with van der Waals surface area (Å²) in [5.74, 6) is 0.0643. The summed E-state index contributed by atoms with van der Waals surface area (Å²) < 4.78 is 12.5. The van der Waals surface area contributed by atoms with E-state index < -0.39 is 18.3 Å². The molecule has 0 spiro atoms. The van der Waals surface area contributed by atoms with Gasteiger partial charge in [-0.3, -0.25) is 4.98 Å². The Hall–Kier alpha value is -3.42. The minimum absolute atomic E-state index is 0.0643. The van der Waals surface area contributed by atoms with Crippen molar-refractivity contribution in [1.29, 1.82) is 0 Å². The molecule has 0 unspecified atom stereocenters. The summed E-state index contributed by atoms with van der Waals surface area (Å²) in [6, 6.07) is 19.6. The smallest absolute Gasteiger partial charge is 0.494 e. The van der Waals surface area contributed by atoms with Gasteiger partial charge in [-0.2, -0.15) is 0 Å². The average molecular weight is 453 g/mol. The number of aromatic amines is 1. The predicted octanol–water partition coefficient (Wildman–Crippen LogP) is 5.05. The summed E-state index contributed by atoms with van der Waals surface area (Å²) in [5.41, 5.74) is 4.66. The van der Waals surface area contributed by atoms with Crippen molar-refractivity contribution in [1.82, 2.24) is 9.97 Å². The van der Waals surface area contributed by atoms with Gasteiger partial charge >= 0.3 is 7.12 Å². The topological polar surface area (TPSA) is 79.7 Å². The van der Waals surface area contributed by atoms with Gasteiger partial charge in [0.05, 0.1) is 28.2 Å². The van der Waals surface area contributed by atoms with Crippen LogP contribution in [-0.4, -0.2) is 39.1 Å².